The van der Waals surface area contributed by atoms with Gasteiger partial charge in [0.15, 0.2) is 10.2 Å². The van der Waals surface area contributed by atoms with Gasteiger partial charge < -0.3 is 14.2 Å². The Hall–Kier alpha value is -2.93. The number of aryl methyl sites for hydroxylation is 1. The van der Waals surface area contributed by atoms with Gasteiger partial charge in [-0.1, -0.05) is 11.6 Å². The number of esters is 1. The Morgan fingerprint density at radius 1 is 1.21 bits per heavy atom. The first-order valence-electron chi connectivity index (χ1n) is 7.58. The number of ether oxygens (including phenoxy) is 3. The van der Waals surface area contributed by atoms with E-state index in [1.54, 1.807) is 4.72 Å². The van der Waals surface area contributed by atoms with Crippen molar-refractivity contribution in [3.63, 3.8) is 0 Å². The van der Waals surface area contributed by atoms with Crippen molar-refractivity contribution in [1.82, 2.24) is 24.5 Å². The van der Waals surface area contributed by atoms with Crippen molar-refractivity contribution in [2.45, 2.75) is 11.9 Å². The highest BCUT2D eigenvalue weighted by Gasteiger charge is 2.34. The van der Waals surface area contributed by atoms with Gasteiger partial charge in [0.05, 0.1) is 26.9 Å². The second-order valence-corrected chi connectivity index (χ2v) is 6.98. The minimum Gasteiger partial charge on any atom is -0.481 e. The number of carbonyl (C=O) groups excluding carboxylic acids is 2. The molecule has 0 fully saturated rings. The topological polar surface area (TPSA) is 152 Å². The summed E-state index contributed by atoms with van der Waals surface area (Å²) in [5.74, 6) is -2.78. The zero-order valence-electron chi connectivity index (χ0n) is 15.2. The van der Waals surface area contributed by atoms with Crippen LogP contribution in [0, 0.1) is 0 Å². The highest BCUT2D eigenvalue weighted by atomic mass is 35.5. The maximum Gasteiger partial charge on any atom is 0.344 e. The molecule has 0 radical (unpaired) electrons. The van der Waals surface area contributed by atoms with Crippen LogP contribution in [0.5, 0.6) is 11.8 Å². The Morgan fingerprint density at radius 3 is 2.29 bits per heavy atom. The number of methoxy groups -OCH3 is 2. The summed E-state index contributed by atoms with van der Waals surface area (Å²) in [5, 5.41) is 2.65. The number of carbonyl (C=O) groups is 2. The summed E-state index contributed by atoms with van der Waals surface area (Å²) in [4.78, 5) is 32.0. The Labute approximate surface area is 164 Å². The monoisotopic (exact) mass is 433 g/mol. The molecule has 12 nitrogen and oxygen atoms in total. The standard InChI is InChI=1S/C14H16ClN5O7S/c1-5-27-14(22)9-10(15)18-20(2)13(9)28(23,24)19-12(21)11-16-7(25-3)6-8(17-11)26-4/h6H,5H2,1-4H3,(H,19,21). The maximum absolute atomic E-state index is 12.7. The number of hydrogen-bond acceptors (Lipinski definition) is 10. The van der Waals surface area contributed by atoms with Crippen molar-refractivity contribution in [3.8, 4) is 11.8 Å². The van der Waals surface area contributed by atoms with Crippen LogP contribution in [-0.4, -0.2) is 60.9 Å². The molecule has 152 valence electrons. The quantitative estimate of drug-likeness (QED) is 0.598. The molecule has 2 aromatic rings. The molecule has 2 aromatic heterocycles. The molecule has 14 heteroatoms. The summed E-state index contributed by atoms with van der Waals surface area (Å²) >= 11 is 5.85. The first kappa shape index (κ1) is 21.4. The van der Waals surface area contributed by atoms with Crippen LogP contribution in [0.1, 0.15) is 27.9 Å². The van der Waals surface area contributed by atoms with Crippen LogP contribution >= 0.6 is 11.6 Å². The molecule has 0 saturated carbocycles. The third-order valence-electron chi connectivity index (χ3n) is 3.21. The molecule has 0 aliphatic carbocycles. The molecule has 0 unspecified atom stereocenters. The lowest BCUT2D eigenvalue weighted by Gasteiger charge is -2.10. The normalized spacial score (nSPS) is 11.0. The molecule has 2 rings (SSSR count). The van der Waals surface area contributed by atoms with Crippen LogP contribution in [0.2, 0.25) is 5.15 Å². The Kier molecular flexibility index (Phi) is 6.41. The average molecular weight is 434 g/mol. The van der Waals surface area contributed by atoms with Crippen LogP contribution in [0.3, 0.4) is 0 Å². The number of halogens is 1. The smallest absolute Gasteiger partial charge is 0.344 e. The number of nitrogens with one attached hydrogen (secondary N) is 1. The third-order valence-corrected chi connectivity index (χ3v) is 4.91. The molecule has 0 spiro atoms. The van der Waals surface area contributed by atoms with E-state index in [-0.39, 0.29) is 18.4 Å². The first-order valence-corrected chi connectivity index (χ1v) is 9.44. The van der Waals surface area contributed by atoms with Crippen molar-refractivity contribution in [2.24, 2.45) is 7.05 Å². The first-order chi connectivity index (χ1) is 13.1. The molecule has 1 amide bonds. The van der Waals surface area contributed by atoms with E-state index in [0.717, 1.165) is 4.68 Å². The molecular formula is C14H16ClN5O7S. The Morgan fingerprint density at radius 2 is 1.79 bits per heavy atom. The van der Waals surface area contributed by atoms with Gasteiger partial charge in [-0.3, -0.25) is 9.48 Å². The second kappa shape index (κ2) is 8.39. The van der Waals surface area contributed by atoms with E-state index < -0.39 is 43.5 Å². The predicted molar refractivity (Wildman–Crippen MR) is 94.0 cm³/mol. The Bertz CT molecular complexity index is 999. The fourth-order valence-electron chi connectivity index (χ4n) is 2.09. The van der Waals surface area contributed by atoms with Crippen molar-refractivity contribution in [2.75, 3.05) is 20.8 Å². The van der Waals surface area contributed by atoms with Crippen LogP contribution in [0.25, 0.3) is 0 Å². The van der Waals surface area contributed by atoms with Gasteiger partial charge in [-0.25, -0.2) is 9.52 Å². The predicted octanol–water partition coefficient (Wildman–Crippen LogP) is 0.176. The molecule has 0 atom stereocenters. The van der Waals surface area contributed by atoms with E-state index in [4.69, 9.17) is 25.8 Å². The van der Waals surface area contributed by atoms with Crippen molar-refractivity contribution in [3.05, 3.63) is 22.6 Å². The number of sulfonamides is 1. The van der Waals surface area contributed by atoms with Gasteiger partial charge in [0.25, 0.3) is 10.0 Å². The Balaban J connectivity index is 2.45. The van der Waals surface area contributed by atoms with Crippen molar-refractivity contribution >= 4 is 33.5 Å². The summed E-state index contributed by atoms with van der Waals surface area (Å²) in [5.41, 5.74) is -0.504. The number of rotatable bonds is 7. The highest BCUT2D eigenvalue weighted by Crippen LogP contribution is 2.24. The van der Waals surface area contributed by atoms with E-state index in [0.29, 0.717) is 0 Å². The number of nitrogens with zero attached hydrogens (tertiary/aromatic N) is 4. The molecule has 1 N–H and O–H groups in total. The van der Waals surface area contributed by atoms with Gasteiger partial charge in [-0.05, 0) is 6.92 Å². The second-order valence-electron chi connectivity index (χ2n) is 5.03. The summed E-state index contributed by atoms with van der Waals surface area (Å²) in [6.45, 7) is 1.51. The summed E-state index contributed by atoms with van der Waals surface area (Å²) < 4.78 is 42.6. The summed E-state index contributed by atoms with van der Waals surface area (Å²) in [6.07, 6.45) is 0. The maximum atomic E-state index is 12.7. The largest absolute Gasteiger partial charge is 0.481 e. The zero-order valence-corrected chi connectivity index (χ0v) is 16.8. The van der Waals surface area contributed by atoms with Crippen LogP contribution in [0.4, 0.5) is 0 Å². The van der Waals surface area contributed by atoms with Crippen LogP contribution in [0.15, 0.2) is 11.1 Å². The van der Waals surface area contributed by atoms with Gasteiger partial charge in [0.1, 0.15) is 5.56 Å². The highest BCUT2D eigenvalue weighted by molar-refractivity contribution is 7.90. The van der Waals surface area contributed by atoms with Gasteiger partial charge in [0.2, 0.25) is 17.6 Å². The fraction of sp³-hybridized carbons (Fsp3) is 0.357. The zero-order chi connectivity index (χ0) is 21.1. The van der Waals surface area contributed by atoms with Gasteiger partial charge in [-0.15, -0.1) is 0 Å². The van der Waals surface area contributed by atoms with E-state index in [1.807, 2.05) is 0 Å². The molecule has 0 aliphatic rings. The van der Waals surface area contributed by atoms with E-state index in [2.05, 4.69) is 15.1 Å². The van der Waals surface area contributed by atoms with Gasteiger partial charge >= 0.3 is 11.9 Å². The molecule has 28 heavy (non-hydrogen) atoms. The lowest BCUT2D eigenvalue weighted by atomic mass is 10.4. The van der Waals surface area contributed by atoms with Crippen molar-refractivity contribution in [1.29, 1.82) is 0 Å². The van der Waals surface area contributed by atoms with Gasteiger partial charge in [-0.2, -0.15) is 23.5 Å². The van der Waals surface area contributed by atoms with Gasteiger partial charge in [0, 0.05) is 7.05 Å². The number of hydrogen-bond donors (Lipinski definition) is 1. The molecule has 0 saturated heterocycles. The van der Waals surface area contributed by atoms with Crippen molar-refractivity contribution < 1.29 is 32.2 Å². The summed E-state index contributed by atoms with van der Waals surface area (Å²) in [6, 6.07) is 1.30. The molecule has 0 aliphatic heterocycles. The van der Waals surface area contributed by atoms with E-state index in [9.17, 15) is 18.0 Å². The lowest BCUT2D eigenvalue weighted by molar-refractivity contribution is 0.0521. The molecular weight excluding hydrogens is 418 g/mol. The molecule has 0 bridgehead atoms. The molecule has 0 aromatic carbocycles. The fourth-order valence-corrected chi connectivity index (χ4v) is 3.70. The molecule has 2 heterocycles. The number of amides is 1. The SMILES string of the molecule is CCOC(=O)c1c(Cl)nn(C)c1S(=O)(=O)NC(=O)c1nc(OC)cc(OC)n1. The number of aromatic nitrogens is 4. The average Bonchev–Trinajstić information content (AvgIpc) is 2.95. The minimum atomic E-state index is -4.60. The van der Waals surface area contributed by atoms with Crippen LogP contribution in [-0.2, 0) is 21.8 Å². The summed E-state index contributed by atoms with van der Waals surface area (Å²) in [7, 11) is -0.772. The lowest BCUT2D eigenvalue weighted by Crippen LogP contribution is -2.34. The van der Waals surface area contributed by atoms with E-state index >= 15 is 0 Å². The minimum absolute atomic E-state index is 0.0205. The van der Waals surface area contributed by atoms with Crippen LogP contribution < -0.4 is 14.2 Å². The third kappa shape index (κ3) is 4.31. The van der Waals surface area contributed by atoms with E-state index in [1.165, 1.54) is 34.3 Å².